The lowest BCUT2D eigenvalue weighted by molar-refractivity contribution is 0.669. The number of hydrogen-bond donors (Lipinski definition) is 0. The lowest BCUT2D eigenvalue weighted by atomic mass is 9.93. The Bertz CT molecular complexity index is 3310. The quantitative estimate of drug-likeness (QED) is 0.153. The summed E-state index contributed by atoms with van der Waals surface area (Å²) < 4.78 is 6.39. The molecule has 0 unspecified atom stereocenters. The van der Waals surface area contributed by atoms with Crippen LogP contribution in [-0.2, 0) is 0 Å². The number of fused-ring (bicyclic) bond motifs is 4. The van der Waals surface area contributed by atoms with E-state index in [9.17, 15) is 0 Å². The van der Waals surface area contributed by atoms with Gasteiger partial charge in [-0.25, -0.2) is 0 Å². The Hall–Kier alpha value is -7.94. The largest absolute Gasteiger partial charge is 0.456 e. The van der Waals surface area contributed by atoms with Crippen molar-refractivity contribution in [1.82, 2.24) is 0 Å². The Morgan fingerprint density at radius 3 is 1.55 bits per heavy atom. The van der Waals surface area contributed by atoms with E-state index >= 15 is 0 Å². The first-order chi connectivity index (χ1) is 29.7. The molecule has 0 saturated heterocycles. The highest BCUT2D eigenvalue weighted by atomic mass is 16.3. The van der Waals surface area contributed by atoms with Crippen molar-refractivity contribution in [2.75, 3.05) is 4.90 Å². The summed E-state index contributed by atoms with van der Waals surface area (Å²) in [4.78, 5) is 2.39. The maximum absolute atomic E-state index is 6.39. The molecule has 0 aliphatic rings. The van der Waals surface area contributed by atoms with Crippen LogP contribution in [-0.4, -0.2) is 0 Å². The second-order valence-electron chi connectivity index (χ2n) is 15.3. The number of benzene rings is 10. The maximum Gasteiger partial charge on any atom is 0.136 e. The Kier molecular flexibility index (Phi) is 8.87. The first kappa shape index (κ1) is 35.2. The first-order valence-electron chi connectivity index (χ1n) is 20.5. The van der Waals surface area contributed by atoms with Crippen molar-refractivity contribution in [2.45, 2.75) is 0 Å². The predicted molar refractivity (Wildman–Crippen MR) is 253 cm³/mol. The topological polar surface area (TPSA) is 16.4 Å². The molecule has 1 aromatic heterocycles. The zero-order valence-electron chi connectivity index (χ0n) is 32.9. The molecule has 0 saturated carbocycles. The molecule has 1 heterocycles. The zero-order chi connectivity index (χ0) is 39.8. The summed E-state index contributed by atoms with van der Waals surface area (Å²) in [6.07, 6.45) is 0. The molecule has 0 radical (unpaired) electrons. The minimum absolute atomic E-state index is 0.880. The predicted octanol–water partition coefficient (Wildman–Crippen LogP) is 16.5. The Morgan fingerprint density at radius 2 is 0.783 bits per heavy atom. The van der Waals surface area contributed by atoms with Crippen LogP contribution in [0.2, 0.25) is 0 Å². The molecule has 2 heteroatoms. The van der Waals surface area contributed by atoms with Crippen molar-refractivity contribution in [3.05, 3.63) is 237 Å². The molecular weight excluding hydrogens is 727 g/mol. The third-order valence-corrected chi connectivity index (χ3v) is 11.7. The standard InChI is InChI=1S/C58H39NO/c1-2-13-40(14-3-1)42-25-27-43(28-26-42)44-31-34-49(35-32-44)59(56-23-10-8-21-53(56)48-33-36-55-54-22-9-11-24-57(54)60-58(55)39-48)50-18-12-17-46(38-50)51-19-6-7-20-52(51)47-30-29-41-15-4-5-16-45(41)37-47/h1-39H. The highest BCUT2D eigenvalue weighted by Gasteiger charge is 2.20. The van der Waals surface area contributed by atoms with E-state index in [0.717, 1.165) is 55.7 Å². The lowest BCUT2D eigenvalue weighted by Crippen LogP contribution is -2.11. The smallest absolute Gasteiger partial charge is 0.136 e. The monoisotopic (exact) mass is 765 g/mol. The Balaban J connectivity index is 1.03. The van der Waals surface area contributed by atoms with E-state index in [1.807, 2.05) is 12.1 Å². The molecule has 282 valence electrons. The summed E-state index contributed by atoms with van der Waals surface area (Å²) in [5, 5.41) is 4.72. The molecule has 60 heavy (non-hydrogen) atoms. The number of furan rings is 1. The van der Waals surface area contributed by atoms with Gasteiger partial charge in [0.05, 0.1) is 5.69 Å². The van der Waals surface area contributed by atoms with Crippen LogP contribution in [0.15, 0.2) is 241 Å². The molecule has 0 atom stereocenters. The molecule has 0 aliphatic carbocycles. The molecule has 11 rings (SSSR count). The molecule has 0 bridgehead atoms. The fraction of sp³-hybridized carbons (Fsp3) is 0. The van der Waals surface area contributed by atoms with Crippen LogP contribution in [0.4, 0.5) is 17.1 Å². The van der Waals surface area contributed by atoms with Gasteiger partial charge in [0.25, 0.3) is 0 Å². The highest BCUT2D eigenvalue weighted by Crippen LogP contribution is 2.44. The van der Waals surface area contributed by atoms with E-state index in [0.29, 0.717) is 0 Å². The van der Waals surface area contributed by atoms with Gasteiger partial charge in [-0.15, -0.1) is 0 Å². The van der Waals surface area contributed by atoms with E-state index in [1.165, 1.54) is 49.7 Å². The van der Waals surface area contributed by atoms with Gasteiger partial charge in [0.1, 0.15) is 11.2 Å². The molecule has 0 spiro atoms. The highest BCUT2D eigenvalue weighted by molar-refractivity contribution is 6.06. The van der Waals surface area contributed by atoms with Crippen molar-refractivity contribution >= 4 is 49.8 Å². The minimum atomic E-state index is 0.880. The third kappa shape index (κ3) is 6.51. The number of rotatable bonds is 8. The average molecular weight is 766 g/mol. The number of nitrogens with zero attached hydrogens (tertiary/aromatic N) is 1. The molecule has 2 nitrogen and oxygen atoms in total. The van der Waals surface area contributed by atoms with E-state index in [2.05, 4.69) is 229 Å². The zero-order valence-corrected chi connectivity index (χ0v) is 32.9. The normalized spacial score (nSPS) is 11.3. The SMILES string of the molecule is c1ccc(-c2ccc(-c3ccc(N(c4cccc(-c5ccccc5-c5ccc6ccccc6c5)c4)c4ccccc4-c4ccc5c(c4)oc4ccccc45)cc3)cc2)cc1. The van der Waals surface area contributed by atoms with Crippen LogP contribution in [0.5, 0.6) is 0 Å². The Morgan fingerprint density at radius 1 is 0.267 bits per heavy atom. The summed E-state index contributed by atoms with van der Waals surface area (Å²) in [5.74, 6) is 0. The van der Waals surface area contributed by atoms with Gasteiger partial charge in [0.15, 0.2) is 0 Å². The average Bonchev–Trinajstić information content (AvgIpc) is 3.70. The van der Waals surface area contributed by atoms with Crippen LogP contribution < -0.4 is 4.90 Å². The summed E-state index contributed by atoms with van der Waals surface area (Å²) >= 11 is 0. The van der Waals surface area contributed by atoms with Gasteiger partial charge in [-0.05, 0) is 115 Å². The van der Waals surface area contributed by atoms with E-state index in [1.54, 1.807) is 0 Å². The molecule has 0 N–H and O–H groups in total. The third-order valence-electron chi connectivity index (χ3n) is 11.7. The first-order valence-corrected chi connectivity index (χ1v) is 20.5. The Labute approximate surface area is 349 Å². The number of para-hydroxylation sites is 2. The van der Waals surface area contributed by atoms with Gasteiger partial charge in [0, 0.05) is 27.7 Å². The summed E-state index contributed by atoms with van der Waals surface area (Å²) in [6.45, 7) is 0. The van der Waals surface area contributed by atoms with E-state index in [-0.39, 0.29) is 0 Å². The van der Waals surface area contributed by atoms with Gasteiger partial charge >= 0.3 is 0 Å². The number of anilines is 3. The van der Waals surface area contributed by atoms with Crippen LogP contribution in [0, 0.1) is 0 Å². The fourth-order valence-electron chi connectivity index (χ4n) is 8.68. The second kappa shape index (κ2) is 15.1. The fourth-order valence-corrected chi connectivity index (χ4v) is 8.68. The molecule has 0 aliphatic heterocycles. The van der Waals surface area contributed by atoms with Gasteiger partial charge < -0.3 is 9.32 Å². The van der Waals surface area contributed by atoms with Gasteiger partial charge in [0.2, 0.25) is 0 Å². The van der Waals surface area contributed by atoms with Crippen molar-refractivity contribution in [1.29, 1.82) is 0 Å². The molecular formula is C58H39NO. The van der Waals surface area contributed by atoms with Gasteiger partial charge in [-0.2, -0.15) is 0 Å². The van der Waals surface area contributed by atoms with Crippen molar-refractivity contribution in [3.8, 4) is 55.6 Å². The van der Waals surface area contributed by atoms with Crippen molar-refractivity contribution in [3.63, 3.8) is 0 Å². The summed E-state index contributed by atoms with van der Waals surface area (Å²) in [7, 11) is 0. The van der Waals surface area contributed by atoms with Crippen molar-refractivity contribution in [2.24, 2.45) is 0 Å². The van der Waals surface area contributed by atoms with Crippen LogP contribution in [0.1, 0.15) is 0 Å². The second-order valence-corrected chi connectivity index (χ2v) is 15.3. The maximum atomic E-state index is 6.39. The minimum Gasteiger partial charge on any atom is -0.456 e. The van der Waals surface area contributed by atoms with Crippen LogP contribution in [0.3, 0.4) is 0 Å². The molecule has 11 aromatic rings. The van der Waals surface area contributed by atoms with Crippen molar-refractivity contribution < 1.29 is 4.42 Å². The number of hydrogen-bond acceptors (Lipinski definition) is 2. The molecule has 0 amide bonds. The molecule has 0 fully saturated rings. The summed E-state index contributed by atoms with van der Waals surface area (Å²) in [6, 6.07) is 84.9. The van der Waals surface area contributed by atoms with Gasteiger partial charge in [-0.1, -0.05) is 182 Å². The van der Waals surface area contributed by atoms with E-state index < -0.39 is 0 Å². The van der Waals surface area contributed by atoms with Gasteiger partial charge in [-0.3, -0.25) is 0 Å². The van der Waals surface area contributed by atoms with Crippen LogP contribution in [0.25, 0.3) is 88.3 Å². The molecule has 10 aromatic carbocycles. The lowest BCUT2D eigenvalue weighted by Gasteiger charge is -2.28. The van der Waals surface area contributed by atoms with E-state index in [4.69, 9.17) is 4.42 Å². The van der Waals surface area contributed by atoms with Crippen LogP contribution >= 0.6 is 0 Å². The summed E-state index contributed by atoms with van der Waals surface area (Å²) in [5.41, 5.74) is 16.7.